The second kappa shape index (κ2) is 4.74. The van der Waals surface area contributed by atoms with Crippen LogP contribution in [0.1, 0.15) is 27.7 Å². The molecule has 2 amide bonds. The Morgan fingerprint density at radius 1 is 1.08 bits per heavy atom. The van der Waals surface area contributed by atoms with Gasteiger partial charge in [0.25, 0.3) is 0 Å². The lowest BCUT2D eigenvalue weighted by Crippen LogP contribution is -2.46. The molecule has 1 atom stereocenters. The van der Waals surface area contributed by atoms with Crippen molar-refractivity contribution in [3.63, 3.8) is 0 Å². The lowest BCUT2D eigenvalue weighted by molar-refractivity contribution is -0.127. The van der Waals surface area contributed by atoms with Gasteiger partial charge in [0.1, 0.15) is 6.04 Å². The molecule has 2 N–H and O–H groups in total. The minimum Gasteiger partial charge on any atom is -0.352 e. The molecular formula is C8H16N2O2. The number of amides is 2. The summed E-state index contributed by atoms with van der Waals surface area (Å²) in [6.45, 7) is 6.79. The van der Waals surface area contributed by atoms with E-state index < -0.39 is 6.04 Å². The van der Waals surface area contributed by atoms with Crippen molar-refractivity contribution < 1.29 is 9.59 Å². The van der Waals surface area contributed by atoms with E-state index in [0.29, 0.717) is 0 Å². The molecule has 0 aromatic heterocycles. The Bertz CT molecular complexity index is 178. The van der Waals surface area contributed by atoms with Crippen molar-refractivity contribution in [2.75, 3.05) is 0 Å². The third kappa shape index (κ3) is 4.71. The van der Waals surface area contributed by atoms with Gasteiger partial charge in [0.2, 0.25) is 11.8 Å². The molecule has 0 rings (SSSR count). The molecule has 0 heterocycles. The smallest absolute Gasteiger partial charge is 0.242 e. The fraction of sp³-hybridized carbons (Fsp3) is 0.750. The van der Waals surface area contributed by atoms with E-state index in [1.807, 2.05) is 13.8 Å². The SMILES string of the molecule is CC(=O)N[C@@H](C)C(=O)NC(C)C. The van der Waals surface area contributed by atoms with E-state index in [9.17, 15) is 9.59 Å². The van der Waals surface area contributed by atoms with Crippen molar-refractivity contribution in [3.05, 3.63) is 0 Å². The molecule has 0 unspecified atom stereocenters. The zero-order valence-corrected chi connectivity index (χ0v) is 7.97. The zero-order valence-electron chi connectivity index (χ0n) is 7.97. The van der Waals surface area contributed by atoms with Crippen molar-refractivity contribution in [2.45, 2.75) is 39.8 Å². The summed E-state index contributed by atoms with van der Waals surface area (Å²) >= 11 is 0. The average molecular weight is 172 g/mol. The van der Waals surface area contributed by atoms with Crippen LogP contribution in [0.3, 0.4) is 0 Å². The Balaban J connectivity index is 3.85. The summed E-state index contributed by atoms with van der Waals surface area (Å²) in [5.74, 6) is -0.346. The van der Waals surface area contributed by atoms with Crippen LogP contribution in [-0.4, -0.2) is 23.9 Å². The lowest BCUT2D eigenvalue weighted by Gasteiger charge is -2.14. The highest BCUT2D eigenvalue weighted by atomic mass is 16.2. The normalized spacial score (nSPS) is 12.4. The Morgan fingerprint density at radius 3 is 1.92 bits per heavy atom. The van der Waals surface area contributed by atoms with E-state index in [0.717, 1.165) is 0 Å². The lowest BCUT2D eigenvalue weighted by atomic mass is 10.3. The van der Waals surface area contributed by atoms with E-state index in [2.05, 4.69) is 10.6 Å². The van der Waals surface area contributed by atoms with Gasteiger partial charge in [-0.2, -0.15) is 0 Å². The maximum atomic E-state index is 11.2. The van der Waals surface area contributed by atoms with Gasteiger partial charge >= 0.3 is 0 Å². The van der Waals surface area contributed by atoms with Crippen LogP contribution in [0.25, 0.3) is 0 Å². The first-order valence-electron chi connectivity index (χ1n) is 4.01. The summed E-state index contributed by atoms with van der Waals surface area (Å²) in [7, 11) is 0. The Hall–Kier alpha value is -1.06. The van der Waals surface area contributed by atoms with E-state index in [-0.39, 0.29) is 17.9 Å². The van der Waals surface area contributed by atoms with Crippen LogP contribution < -0.4 is 10.6 Å². The quantitative estimate of drug-likeness (QED) is 0.631. The van der Waals surface area contributed by atoms with E-state index in [1.54, 1.807) is 6.92 Å². The van der Waals surface area contributed by atoms with Gasteiger partial charge in [0.05, 0.1) is 0 Å². The highest BCUT2D eigenvalue weighted by Crippen LogP contribution is 1.84. The van der Waals surface area contributed by atoms with Gasteiger partial charge in [-0.15, -0.1) is 0 Å². The van der Waals surface area contributed by atoms with Gasteiger partial charge in [-0.25, -0.2) is 0 Å². The highest BCUT2D eigenvalue weighted by molar-refractivity contribution is 5.86. The van der Waals surface area contributed by atoms with Crippen molar-refractivity contribution in [1.29, 1.82) is 0 Å². The molecule has 0 spiro atoms. The molecule has 0 fully saturated rings. The van der Waals surface area contributed by atoms with E-state index in [1.165, 1.54) is 6.92 Å². The van der Waals surface area contributed by atoms with E-state index >= 15 is 0 Å². The molecular weight excluding hydrogens is 156 g/mol. The van der Waals surface area contributed by atoms with Gasteiger partial charge in [0.15, 0.2) is 0 Å². The largest absolute Gasteiger partial charge is 0.352 e. The van der Waals surface area contributed by atoms with Gasteiger partial charge in [-0.05, 0) is 20.8 Å². The molecule has 0 aromatic rings. The predicted molar refractivity (Wildman–Crippen MR) is 46.6 cm³/mol. The second-order valence-corrected chi connectivity index (χ2v) is 3.09. The zero-order chi connectivity index (χ0) is 9.72. The molecule has 0 saturated heterocycles. The van der Waals surface area contributed by atoms with Gasteiger partial charge in [-0.1, -0.05) is 0 Å². The molecule has 4 heteroatoms. The molecule has 0 radical (unpaired) electrons. The number of hydrogen-bond acceptors (Lipinski definition) is 2. The van der Waals surface area contributed by atoms with Gasteiger partial charge in [-0.3, -0.25) is 9.59 Å². The van der Waals surface area contributed by atoms with Crippen LogP contribution in [0.15, 0.2) is 0 Å². The summed E-state index contributed by atoms with van der Waals surface area (Å²) < 4.78 is 0. The Labute approximate surface area is 72.7 Å². The highest BCUT2D eigenvalue weighted by Gasteiger charge is 2.13. The molecule has 0 aliphatic rings. The summed E-state index contributed by atoms with van der Waals surface area (Å²) in [6.07, 6.45) is 0. The Morgan fingerprint density at radius 2 is 1.58 bits per heavy atom. The molecule has 4 nitrogen and oxygen atoms in total. The summed E-state index contributed by atoms with van der Waals surface area (Å²) in [6, 6.07) is -0.349. The predicted octanol–water partition coefficient (Wildman–Crippen LogP) is 0.0356. The minimum atomic E-state index is -0.454. The average Bonchev–Trinajstić information content (AvgIpc) is 1.84. The second-order valence-electron chi connectivity index (χ2n) is 3.09. The molecule has 0 aliphatic carbocycles. The third-order valence-electron chi connectivity index (χ3n) is 1.24. The summed E-state index contributed by atoms with van der Waals surface area (Å²) in [4.78, 5) is 21.7. The molecule has 12 heavy (non-hydrogen) atoms. The van der Waals surface area contributed by atoms with E-state index in [4.69, 9.17) is 0 Å². The maximum absolute atomic E-state index is 11.2. The molecule has 70 valence electrons. The fourth-order valence-electron chi connectivity index (χ4n) is 0.780. The monoisotopic (exact) mass is 172 g/mol. The van der Waals surface area contributed by atoms with Crippen molar-refractivity contribution >= 4 is 11.8 Å². The van der Waals surface area contributed by atoms with Crippen LogP contribution in [0, 0.1) is 0 Å². The molecule has 0 aliphatic heterocycles. The molecule has 0 bridgehead atoms. The fourth-order valence-corrected chi connectivity index (χ4v) is 0.780. The van der Waals surface area contributed by atoms with Crippen LogP contribution in [0.2, 0.25) is 0 Å². The van der Waals surface area contributed by atoms with Crippen LogP contribution in [0.4, 0.5) is 0 Å². The first-order valence-corrected chi connectivity index (χ1v) is 4.01. The Kier molecular flexibility index (Phi) is 4.33. The van der Waals surface area contributed by atoms with Crippen molar-refractivity contribution in [1.82, 2.24) is 10.6 Å². The van der Waals surface area contributed by atoms with Crippen LogP contribution >= 0.6 is 0 Å². The summed E-state index contributed by atoms with van der Waals surface area (Å²) in [5.41, 5.74) is 0. The number of carbonyl (C=O) groups excluding carboxylic acids is 2. The summed E-state index contributed by atoms with van der Waals surface area (Å²) in [5, 5.41) is 5.19. The first-order chi connectivity index (χ1) is 5.43. The topological polar surface area (TPSA) is 58.2 Å². The standard InChI is InChI=1S/C8H16N2O2/c1-5(2)9-8(12)6(3)10-7(4)11/h5-6H,1-4H3,(H,9,12)(H,10,11)/t6-/m0/s1. The maximum Gasteiger partial charge on any atom is 0.242 e. The van der Waals surface area contributed by atoms with Crippen LogP contribution in [-0.2, 0) is 9.59 Å². The number of rotatable bonds is 3. The van der Waals surface area contributed by atoms with Crippen molar-refractivity contribution in [2.24, 2.45) is 0 Å². The molecule has 0 saturated carbocycles. The van der Waals surface area contributed by atoms with Gasteiger partial charge in [0, 0.05) is 13.0 Å². The van der Waals surface area contributed by atoms with Crippen LogP contribution in [0.5, 0.6) is 0 Å². The molecule has 0 aromatic carbocycles. The van der Waals surface area contributed by atoms with Crippen molar-refractivity contribution in [3.8, 4) is 0 Å². The van der Waals surface area contributed by atoms with Gasteiger partial charge < -0.3 is 10.6 Å². The minimum absolute atomic E-state index is 0.105. The third-order valence-corrected chi connectivity index (χ3v) is 1.24. The number of nitrogens with one attached hydrogen (secondary N) is 2. The number of hydrogen-bond donors (Lipinski definition) is 2. The first kappa shape index (κ1) is 10.9. The number of carbonyl (C=O) groups is 2.